The molecule has 1 aromatic heterocycles. The average molecular weight is 357 g/mol. The highest BCUT2D eigenvalue weighted by molar-refractivity contribution is 8.14. The summed E-state index contributed by atoms with van der Waals surface area (Å²) in [4.78, 5) is 23.8. The van der Waals surface area contributed by atoms with Crippen LogP contribution in [0.3, 0.4) is 0 Å². The Morgan fingerprint density at radius 3 is 2.68 bits per heavy atom. The molecule has 1 saturated carbocycles. The zero-order chi connectivity index (χ0) is 17.4. The molecule has 0 amide bonds. The molecule has 2 heterocycles. The van der Waals surface area contributed by atoms with Crippen LogP contribution in [-0.4, -0.2) is 26.5 Å². The van der Waals surface area contributed by atoms with Gasteiger partial charge in [0, 0.05) is 16.7 Å². The highest BCUT2D eigenvalue weighted by Gasteiger charge is 2.28. The highest BCUT2D eigenvalue weighted by Crippen LogP contribution is 2.38. The van der Waals surface area contributed by atoms with Crippen LogP contribution >= 0.6 is 11.8 Å². The lowest BCUT2D eigenvalue weighted by molar-refractivity contribution is -0.137. The average Bonchev–Trinajstić information content (AvgIpc) is 2.77. The molecular formula is C20H23NO3S. The van der Waals surface area contributed by atoms with E-state index in [1.165, 1.54) is 55.9 Å². The van der Waals surface area contributed by atoms with Gasteiger partial charge in [-0.2, -0.15) is 0 Å². The topological polar surface area (TPSA) is 59.3 Å². The maximum absolute atomic E-state index is 12.4. The van der Waals surface area contributed by atoms with E-state index >= 15 is 0 Å². The van der Waals surface area contributed by atoms with Crippen LogP contribution in [0, 0.1) is 0 Å². The van der Waals surface area contributed by atoms with E-state index in [0.717, 1.165) is 28.6 Å². The number of rotatable bonds is 3. The van der Waals surface area contributed by atoms with Crippen LogP contribution in [-0.2, 0) is 17.8 Å². The first-order chi connectivity index (χ1) is 12.1. The van der Waals surface area contributed by atoms with Gasteiger partial charge in [-0.05, 0) is 48.4 Å². The van der Waals surface area contributed by atoms with Crippen LogP contribution in [0.5, 0.6) is 0 Å². The summed E-state index contributed by atoms with van der Waals surface area (Å²) in [6.45, 7) is -0.152. The van der Waals surface area contributed by atoms with Crippen LogP contribution in [0.4, 0.5) is 0 Å². The fourth-order valence-electron chi connectivity index (χ4n) is 4.41. The number of hydrogen-bond donors (Lipinski definition) is 1. The van der Waals surface area contributed by atoms with Crippen LogP contribution in [0.15, 0.2) is 18.2 Å². The van der Waals surface area contributed by atoms with Gasteiger partial charge in [0.25, 0.3) is 0 Å². The lowest BCUT2D eigenvalue weighted by atomic mass is 9.90. The van der Waals surface area contributed by atoms with E-state index < -0.39 is 5.97 Å². The van der Waals surface area contributed by atoms with Crippen molar-refractivity contribution in [2.45, 2.75) is 57.4 Å². The Labute approximate surface area is 151 Å². The first-order valence-corrected chi connectivity index (χ1v) is 10.2. The molecule has 132 valence electrons. The van der Waals surface area contributed by atoms with Crippen molar-refractivity contribution in [1.82, 2.24) is 4.57 Å². The third-order valence-electron chi connectivity index (χ3n) is 5.59. The maximum atomic E-state index is 12.4. The molecule has 0 unspecified atom stereocenters. The summed E-state index contributed by atoms with van der Waals surface area (Å²) in [6.07, 6.45) is 8.54. The zero-order valence-corrected chi connectivity index (χ0v) is 15.1. The molecule has 1 aliphatic carbocycles. The number of aromatic nitrogens is 1. The normalized spacial score (nSPS) is 19.0. The van der Waals surface area contributed by atoms with E-state index in [1.54, 1.807) is 4.57 Å². The number of aliphatic carboxylic acids is 1. The van der Waals surface area contributed by atoms with Gasteiger partial charge in [0.2, 0.25) is 5.12 Å². The number of aryl methyl sites for hydroxylation is 1. The summed E-state index contributed by atoms with van der Waals surface area (Å²) in [5.74, 6) is 0.473. The molecule has 25 heavy (non-hydrogen) atoms. The van der Waals surface area contributed by atoms with E-state index in [9.17, 15) is 14.7 Å². The lowest BCUT2D eigenvalue weighted by Gasteiger charge is -2.15. The molecule has 0 atom stereocenters. The van der Waals surface area contributed by atoms with E-state index in [2.05, 4.69) is 12.1 Å². The molecule has 2 aliphatic rings. The van der Waals surface area contributed by atoms with Crippen molar-refractivity contribution in [3.63, 3.8) is 0 Å². The van der Waals surface area contributed by atoms with Crippen LogP contribution in [0.1, 0.15) is 66.1 Å². The van der Waals surface area contributed by atoms with Crippen LogP contribution < -0.4 is 0 Å². The summed E-state index contributed by atoms with van der Waals surface area (Å²) in [7, 11) is 0. The van der Waals surface area contributed by atoms with Crippen molar-refractivity contribution in [2.75, 3.05) is 5.75 Å². The van der Waals surface area contributed by atoms with Crippen molar-refractivity contribution in [1.29, 1.82) is 0 Å². The quantitative estimate of drug-likeness (QED) is 0.816. The molecule has 0 bridgehead atoms. The minimum Gasteiger partial charge on any atom is -0.480 e. The maximum Gasteiger partial charge on any atom is 0.323 e. The number of carboxylic acid groups (broad SMARTS) is 1. The van der Waals surface area contributed by atoms with Gasteiger partial charge >= 0.3 is 5.97 Å². The SMILES string of the molecule is O=C(O)Cn1c2c(c3cc(C4CCCCCC4)ccc31)CCSC2=O. The summed E-state index contributed by atoms with van der Waals surface area (Å²) in [5.41, 5.74) is 3.90. The number of carboxylic acids is 1. The predicted octanol–water partition coefficient (Wildman–Crippen LogP) is 4.59. The molecule has 2 aromatic rings. The molecule has 1 aromatic carbocycles. The van der Waals surface area contributed by atoms with Crippen LogP contribution in [0.25, 0.3) is 10.9 Å². The number of carbonyl (C=O) groups is 2. The third-order valence-corrected chi connectivity index (χ3v) is 6.45. The lowest BCUT2D eigenvalue weighted by Crippen LogP contribution is -2.17. The van der Waals surface area contributed by atoms with Gasteiger partial charge in [0.15, 0.2) is 0 Å². The van der Waals surface area contributed by atoms with Crippen molar-refractivity contribution in [2.24, 2.45) is 0 Å². The number of fused-ring (bicyclic) bond motifs is 3. The molecule has 4 nitrogen and oxygen atoms in total. The van der Waals surface area contributed by atoms with Gasteiger partial charge in [-0.25, -0.2) is 0 Å². The number of nitrogens with zero attached hydrogens (tertiary/aromatic N) is 1. The predicted molar refractivity (Wildman–Crippen MR) is 101 cm³/mol. The van der Waals surface area contributed by atoms with Gasteiger partial charge < -0.3 is 9.67 Å². The molecule has 0 saturated heterocycles. The molecule has 0 spiro atoms. The first kappa shape index (κ1) is 16.7. The highest BCUT2D eigenvalue weighted by atomic mass is 32.2. The molecule has 5 heteroatoms. The van der Waals surface area contributed by atoms with Crippen molar-refractivity contribution >= 4 is 33.7 Å². The van der Waals surface area contributed by atoms with Gasteiger partial charge in [-0.1, -0.05) is 43.5 Å². The third kappa shape index (κ3) is 3.10. The fourth-order valence-corrected chi connectivity index (χ4v) is 5.27. The van der Waals surface area contributed by atoms with Gasteiger partial charge in [-0.3, -0.25) is 9.59 Å². The second-order valence-electron chi connectivity index (χ2n) is 7.16. The minimum absolute atomic E-state index is 0.00900. The number of carbonyl (C=O) groups excluding carboxylic acids is 1. The van der Waals surface area contributed by atoms with Crippen LogP contribution in [0.2, 0.25) is 0 Å². The Morgan fingerprint density at radius 1 is 1.20 bits per heavy atom. The first-order valence-electron chi connectivity index (χ1n) is 9.19. The fraction of sp³-hybridized carbons (Fsp3) is 0.500. The molecule has 4 rings (SSSR count). The second kappa shape index (κ2) is 6.87. The summed E-state index contributed by atoms with van der Waals surface area (Å²) < 4.78 is 1.71. The molecule has 1 fully saturated rings. The smallest absolute Gasteiger partial charge is 0.323 e. The Bertz CT molecular complexity index is 831. The largest absolute Gasteiger partial charge is 0.480 e. The Balaban J connectivity index is 1.84. The van der Waals surface area contributed by atoms with Gasteiger partial charge in [0.1, 0.15) is 12.2 Å². The van der Waals surface area contributed by atoms with Gasteiger partial charge in [0.05, 0.1) is 0 Å². The van der Waals surface area contributed by atoms with Crippen molar-refractivity contribution in [3.8, 4) is 0 Å². The summed E-state index contributed by atoms with van der Waals surface area (Å²) in [5, 5.41) is 10.4. The summed E-state index contributed by atoms with van der Waals surface area (Å²) in [6, 6.07) is 6.43. The Hall–Kier alpha value is -1.75. The Morgan fingerprint density at radius 2 is 1.96 bits per heavy atom. The molecule has 0 radical (unpaired) electrons. The zero-order valence-electron chi connectivity index (χ0n) is 14.3. The van der Waals surface area contributed by atoms with E-state index in [1.807, 2.05) is 6.07 Å². The molecular weight excluding hydrogens is 334 g/mol. The number of thioether (sulfide) groups is 1. The van der Waals surface area contributed by atoms with E-state index in [0.29, 0.717) is 11.6 Å². The standard InChI is InChI=1S/C20H23NO3S/c22-18(23)12-21-17-8-7-14(13-5-3-1-2-4-6-13)11-16(17)15-9-10-25-20(24)19(15)21/h7-8,11,13H,1-6,9-10,12H2,(H,22,23). The molecule has 1 aliphatic heterocycles. The second-order valence-corrected chi connectivity index (χ2v) is 8.23. The van der Waals surface area contributed by atoms with E-state index in [4.69, 9.17) is 0 Å². The van der Waals surface area contributed by atoms with E-state index in [-0.39, 0.29) is 11.7 Å². The van der Waals surface area contributed by atoms with Crippen molar-refractivity contribution in [3.05, 3.63) is 35.0 Å². The number of hydrogen-bond acceptors (Lipinski definition) is 3. The summed E-state index contributed by atoms with van der Waals surface area (Å²) >= 11 is 1.30. The molecule has 1 N–H and O–H groups in total. The van der Waals surface area contributed by atoms with Crippen molar-refractivity contribution < 1.29 is 14.7 Å². The monoisotopic (exact) mass is 357 g/mol. The number of benzene rings is 1. The Kier molecular flexibility index (Phi) is 4.59. The van der Waals surface area contributed by atoms with Gasteiger partial charge in [-0.15, -0.1) is 0 Å². The minimum atomic E-state index is -0.907.